The molecule has 28 heavy (non-hydrogen) atoms. The Morgan fingerprint density at radius 3 is 2.96 bits per heavy atom. The molecule has 1 N–H and O–H groups in total. The number of fused-ring (bicyclic) bond motifs is 1. The molecule has 2 aromatic carbocycles. The van der Waals surface area contributed by atoms with E-state index in [0.29, 0.717) is 10.8 Å². The number of nitrogens with zero attached hydrogens (tertiary/aromatic N) is 5. The third-order valence-corrected chi connectivity index (χ3v) is 4.96. The van der Waals surface area contributed by atoms with Gasteiger partial charge in [-0.3, -0.25) is 4.79 Å². The van der Waals surface area contributed by atoms with Gasteiger partial charge in [0.1, 0.15) is 5.52 Å². The van der Waals surface area contributed by atoms with Crippen LogP contribution in [0.4, 0.5) is 5.69 Å². The molecule has 142 valence electrons. The van der Waals surface area contributed by atoms with E-state index < -0.39 is 0 Å². The Balaban J connectivity index is 1.37. The van der Waals surface area contributed by atoms with Crippen LogP contribution in [0, 0.1) is 0 Å². The Kier molecular flexibility index (Phi) is 5.34. The number of aryl methyl sites for hydroxylation is 1. The van der Waals surface area contributed by atoms with Gasteiger partial charge >= 0.3 is 0 Å². The first-order valence-corrected chi connectivity index (χ1v) is 9.81. The second kappa shape index (κ2) is 8.22. The predicted molar refractivity (Wildman–Crippen MR) is 107 cm³/mol. The molecule has 0 aliphatic rings. The average molecular weight is 394 g/mol. The number of amides is 1. The number of carbonyl (C=O) groups is 1. The minimum Gasteiger partial charge on any atom is -0.441 e. The predicted octanol–water partition coefficient (Wildman–Crippen LogP) is 3.49. The lowest BCUT2D eigenvalue weighted by molar-refractivity contribution is -0.114. The van der Waals surface area contributed by atoms with Crippen LogP contribution in [0.2, 0.25) is 0 Å². The zero-order valence-electron chi connectivity index (χ0n) is 15.2. The summed E-state index contributed by atoms with van der Waals surface area (Å²) in [6.07, 6.45) is 1.64. The number of oxazole rings is 1. The summed E-state index contributed by atoms with van der Waals surface area (Å²) in [7, 11) is 0. The van der Waals surface area contributed by atoms with E-state index in [9.17, 15) is 4.79 Å². The molecule has 0 atom stereocenters. The number of nitrogens with one attached hydrogen (secondary N) is 1. The number of thioether (sulfide) groups is 1. The zero-order valence-corrected chi connectivity index (χ0v) is 16.0. The van der Waals surface area contributed by atoms with Gasteiger partial charge in [-0.1, -0.05) is 30.0 Å². The van der Waals surface area contributed by atoms with Crippen molar-refractivity contribution in [3.8, 4) is 5.69 Å². The number of hydrogen-bond donors (Lipinski definition) is 1. The number of carbonyl (C=O) groups excluding carboxylic acids is 1. The first-order chi connectivity index (χ1) is 13.7. The number of anilines is 1. The Labute approximate surface area is 165 Å². The van der Waals surface area contributed by atoms with Crippen molar-refractivity contribution in [1.29, 1.82) is 0 Å². The first kappa shape index (κ1) is 18.2. The van der Waals surface area contributed by atoms with E-state index in [1.807, 2.05) is 48.5 Å². The van der Waals surface area contributed by atoms with Crippen molar-refractivity contribution in [3.63, 3.8) is 0 Å². The largest absolute Gasteiger partial charge is 0.441 e. The number of para-hydroxylation sites is 2. The highest BCUT2D eigenvalue weighted by Crippen LogP contribution is 2.22. The van der Waals surface area contributed by atoms with Crippen LogP contribution >= 0.6 is 11.8 Å². The van der Waals surface area contributed by atoms with E-state index in [-0.39, 0.29) is 5.91 Å². The van der Waals surface area contributed by atoms with Crippen LogP contribution < -0.4 is 5.32 Å². The quantitative estimate of drug-likeness (QED) is 0.378. The maximum Gasteiger partial charge on any atom is 0.221 e. The number of hydrogen-bond acceptors (Lipinski definition) is 7. The number of tetrazole rings is 1. The summed E-state index contributed by atoms with van der Waals surface area (Å²) in [6.45, 7) is 1.47. The third kappa shape index (κ3) is 4.20. The Morgan fingerprint density at radius 1 is 1.21 bits per heavy atom. The molecule has 4 rings (SSSR count). The molecular weight excluding hydrogens is 376 g/mol. The minimum atomic E-state index is -0.123. The molecular formula is C19H18N6O2S. The third-order valence-electron chi connectivity index (χ3n) is 3.96. The standard InChI is InChI=1S/C19H18N6O2S/c1-13(26)20-14-6-4-7-15(12-14)25-19(22-23-24-25)28-11-5-10-18-21-16-8-2-3-9-17(16)27-18/h2-4,6-9,12H,5,10-11H2,1H3,(H,20,26). The lowest BCUT2D eigenvalue weighted by atomic mass is 10.3. The van der Waals surface area contributed by atoms with Gasteiger partial charge in [0.15, 0.2) is 11.5 Å². The van der Waals surface area contributed by atoms with Crippen molar-refractivity contribution in [2.45, 2.75) is 24.9 Å². The van der Waals surface area contributed by atoms with Crippen LogP contribution in [-0.4, -0.2) is 36.9 Å². The fraction of sp³-hybridized carbons (Fsp3) is 0.211. The molecule has 4 aromatic rings. The Hall–Kier alpha value is -3.20. The summed E-state index contributed by atoms with van der Waals surface area (Å²) < 4.78 is 7.40. The zero-order chi connectivity index (χ0) is 19.3. The van der Waals surface area contributed by atoms with Crippen LogP contribution in [0.25, 0.3) is 16.8 Å². The highest BCUT2D eigenvalue weighted by molar-refractivity contribution is 7.99. The second-order valence-electron chi connectivity index (χ2n) is 6.13. The Bertz CT molecular complexity index is 1070. The SMILES string of the molecule is CC(=O)Nc1cccc(-n2nnnc2SCCCc2nc3ccccc3o2)c1. The van der Waals surface area contributed by atoms with E-state index >= 15 is 0 Å². The smallest absolute Gasteiger partial charge is 0.221 e. The van der Waals surface area contributed by atoms with Crippen LogP contribution in [0.15, 0.2) is 58.1 Å². The first-order valence-electron chi connectivity index (χ1n) is 8.83. The van der Waals surface area contributed by atoms with Crippen LogP contribution in [0.3, 0.4) is 0 Å². The molecule has 0 bridgehead atoms. The molecule has 8 nitrogen and oxygen atoms in total. The van der Waals surface area contributed by atoms with E-state index in [1.165, 1.54) is 6.92 Å². The van der Waals surface area contributed by atoms with E-state index in [0.717, 1.165) is 41.3 Å². The van der Waals surface area contributed by atoms with Crippen LogP contribution in [-0.2, 0) is 11.2 Å². The summed E-state index contributed by atoms with van der Waals surface area (Å²) >= 11 is 1.56. The van der Waals surface area contributed by atoms with Gasteiger partial charge in [0.25, 0.3) is 0 Å². The number of aromatic nitrogens is 5. The molecule has 0 aliphatic heterocycles. The summed E-state index contributed by atoms with van der Waals surface area (Å²) in [6, 6.07) is 15.2. The molecule has 0 saturated heterocycles. The van der Waals surface area contributed by atoms with Crippen molar-refractivity contribution in [3.05, 3.63) is 54.4 Å². The molecule has 1 amide bonds. The molecule has 0 aliphatic carbocycles. The maximum atomic E-state index is 11.3. The molecule has 0 fully saturated rings. The van der Waals surface area contributed by atoms with E-state index in [1.54, 1.807) is 16.4 Å². The van der Waals surface area contributed by atoms with Gasteiger partial charge < -0.3 is 9.73 Å². The van der Waals surface area contributed by atoms with Crippen molar-refractivity contribution < 1.29 is 9.21 Å². The number of benzene rings is 2. The average Bonchev–Trinajstić information content (AvgIpc) is 3.31. The highest BCUT2D eigenvalue weighted by Gasteiger charge is 2.11. The topological polar surface area (TPSA) is 98.7 Å². The van der Waals surface area contributed by atoms with Gasteiger partial charge in [0.05, 0.1) is 5.69 Å². The van der Waals surface area contributed by atoms with Crippen molar-refractivity contribution >= 4 is 34.5 Å². The second-order valence-corrected chi connectivity index (χ2v) is 7.19. The van der Waals surface area contributed by atoms with Crippen molar-refractivity contribution in [2.24, 2.45) is 0 Å². The molecule has 0 spiro atoms. The van der Waals surface area contributed by atoms with Gasteiger partial charge in [-0.05, 0) is 47.2 Å². The summed E-state index contributed by atoms with van der Waals surface area (Å²) in [4.78, 5) is 15.7. The monoisotopic (exact) mass is 394 g/mol. The fourth-order valence-corrected chi connectivity index (χ4v) is 3.59. The van der Waals surface area contributed by atoms with Gasteiger partial charge in [0.2, 0.25) is 11.1 Å². The van der Waals surface area contributed by atoms with Crippen LogP contribution in [0.5, 0.6) is 0 Å². The van der Waals surface area contributed by atoms with E-state index in [4.69, 9.17) is 4.42 Å². The summed E-state index contributed by atoms with van der Waals surface area (Å²) in [5, 5.41) is 15.4. The minimum absolute atomic E-state index is 0.123. The van der Waals surface area contributed by atoms with Crippen LogP contribution in [0.1, 0.15) is 19.2 Å². The van der Waals surface area contributed by atoms with Crippen molar-refractivity contribution in [1.82, 2.24) is 25.2 Å². The Morgan fingerprint density at radius 2 is 2.11 bits per heavy atom. The fourth-order valence-electron chi connectivity index (χ4n) is 2.76. The van der Waals surface area contributed by atoms with Gasteiger partial charge in [-0.25, -0.2) is 4.98 Å². The molecule has 0 radical (unpaired) electrons. The lowest BCUT2D eigenvalue weighted by Gasteiger charge is -2.07. The molecule has 0 unspecified atom stereocenters. The highest BCUT2D eigenvalue weighted by atomic mass is 32.2. The lowest BCUT2D eigenvalue weighted by Crippen LogP contribution is -2.07. The van der Waals surface area contributed by atoms with E-state index in [2.05, 4.69) is 25.8 Å². The van der Waals surface area contributed by atoms with Gasteiger partial charge in [0, 0.05) is 24.8 Å². The summed E-state index contributed by atoms with van der Waals surface area (Å²) in [5.41, 5.74) is 3.19. The molecule has 2 heterocycles. The van der Waals surface area contributed by atoms with Gasteiger partial charge in [-0.2, -0.15) is 4.68 Å². The molecule has 0 saturated carbocycles. The summed E-state index contributed by atoms with van der Waals surface area (Å²) in [5.74, 6) is 1.44. The molecule has 2 aromatic heterocycles. The van der Waals surface area contributed by atoms with Crippen molar-refractivity contribution in [2.75, 3.05) is 11.1 Å². The molecule has 9 heteroatoms. The van der Waals surface area contributed by atoms with Gasteiger partial charge in [-0.15, -0.1) is 5.10 Å². The maximum absolute atomic E-state index is 11.3. The normalized spacial score (nSPS) is 11.0. The number of rotatable bonds is 7.